The molecule has 3 N–H and O–H groups in total. The number of aromatic nitrogens is 2. The van der Waals surface area contributed by atoms with Gasteiger partial charge in [0, 0.05) is 37.0 Å². The van der Waals surface area contributed by atoms with Gasteiger partial charge in [-0.25, -0.2) is 4.98 Å². The molecule has 6 heteroatoms. The second-order valence-electron chi connectivity index (χ2n) is 7.05. The molecule has 3 aromatic rings. The van der Waals surface area contributed by atoms with Gasteiger partial charge in [-0.3, -0.25) is 4.79 Å². The number of imidazole rings is 1. The summed E-state index contributed by atoms with van der Waals surface area (Å²) in [5.41, 5.74) is 5.61. The molecule has 0 saturated carbocycles. The van der Waals surface area contributed by atoms with Crippen molar-refractivity contribution in [1.82, 2.24) is 20.2 Å². The van der Waals surface area contributed by atoms with Gasteiger partial charge in [-0.15, -0.1) is 0 Å². The van der Waals surface area contributed by atoms with Crippen molar-refractivity contribution < 1.29 is 9.90 Å². The predicted octanol–water partition coefficient (Wildman–Crippen LogP) is 2.60. The van der Waals surface area contributed by atoms with Crippen LogP contribution in [0.5, 0.6) is 0 Å². The van der Waals surface area contributed by atoms with E-state index in [-0.39, 0.29) is 12.5 Å². The Labute approximate surface area is 165 Å². The molecular formula is C22H26N4O2. The number of carbonyl (C=O) groups excluding carboxylic acids is 1. The monoisotopic (exact) mass is 378 g/mol. The number of nitrogens with zero attached hydrogens (tertiary/aromatic N) is 2. The lowest BCUT2D eigenvalue weighted by molar-refractivity contribution is 0.0954. The smallest absolute Gasteiger partial charge is 0.251 e. The molecule has 1 aromatic heterocycles. The molecule has 0 unspecified atom stereocenters. The van der Waals surface area contributed by atoms with Crippen molar-refractivity contribution in [3.63, 3.8) is 0 Å². The van der Waals surface area contributed by atoms with E-state index < -0.39 is 0 Å². The summed E-state index contributed by atoms with van der Waals surface area (Å²) in [5.74, 6) is -0.102. The number of rotatable bonds is 8. The van der Waals surface area contributed by atoms with Gasteiger partial charge in [-0.1, -0.05) is 30.3 Å². The normalized spacial score (nSPS) is 11.0. The molecule has 28 heavy (non-hydrogen) atoms. The summed E-state index contributed by atoms with van der Waals surface area (Å²) in [6.07, 6.45) is 4.09. The topological polar surface area (TPSA) is 81.2 Å². The first kappa shape index (κ1) is 19.8. The Morgan fingerprint density at radius 1 is 1.18 bits per heavy atom. The minimum absolute atomic E-state index is 0.0214. The van der Waals surface area contributed by atoms with Gasteiger partial charge in [0.25, 0.3) is 5.91 Å². The van der Waals surface area contributed by atoms with Crippen LogP contribution in [0.3, 0.4) is 0 Å². The van der Waals surface area contributed by atoms with Crippen molar-refractivity contribution in [2.75, 3.05) is 20.6 Å². The first-order valence-electron chi connectivity index (χ1n) is 9.30. The first-order chi connectivity index (χ1) is 13.6. The fraction of sp³-hybridized carbons (Fsp3) is 0.273. The van der Waals surface area contributed by atoms with E-state index in [1.807, 2.05) is 50.5 Å². The van der Waals surface area contributed by atoms with E-state index in [0.717, 1.165) is 34.5 Å². The van der Waals surface area contributed by atoms with Gasteiger partial charge in [0.2, 0.25) is 0 Å². The highest BCUT2D eigenvalue weighted by molar-refractivity contribution is 5.94. The number of aliphatic hydroxyl groups excluding tert-OH is 1. The van der Waals surface area contributed by atoms with Crippen LogP contribution in [0.1, 0.15) is 27.2 Å². The number of nitrogens with one attached hydrogen (secondary N) is 2. The average molecular weight is 378 g/mol. The van der Waals surface area contributed by atoms with E-state index in [9.17, 15) is 9.90 Å². The highest BCUT2D eigenvalue weighted by Gasteiger charge is 2.09. The second kappa shape index (κ2) is 9.30. The summed E-state index contributed by atoms with van der Waals surface area (Å²) >= 11 is 0. The fourth-order valence-electron chi connectivity index (χ4n) is 3.16. The third kappa shape index (κ3) is 5.06. The third-order valence-electron chi connectivity index (χ3n) is 4.53. The average Bonchev–Trinajstić information content (AvgIpc) is 3.21. The molecule has 0 spiro atoms. The van der Waals surface area contributed by atoms with Crippen LogP contribution in [0, 0.1) is 0 Å². The van der Waals surface area contributed by atoms with Crippen molar-refractivity contribution in [3.05, 3.63) is 77.4 Å². The van der Waals surface area contributed by atoms with Crippen molar-refractivity contribution in [2.45, 2.75) is 19.6 Å². The molecule has 0 aliphatic carbocycles. The molecule has 0 saturated heterocycles. The van der Waals surface area contributed by atoms with Crippen molar-refractivity contribution in [3.8, 4) is 11.1 Å². The first-order valence-corrected chi connectivity index (χ1v) is 9.30. The lowest BCUT2D eigenvalue weighted by atomic mass is 9.97. The molecule has 0 atom stereocenters. The highest BCUT2D eigenvalue weighted by Crippen LogP contribution is 2.26. The third-order valence-corrected chi connectivity index (χ3v) is 4.53. The SMILES string of the molecule is CN(C)Cc1ccc(-c2ccc(C(=O)NCCc3cnc[nH]3)cc2)c(CO)c1. The van der Waals surface area contributed by atoms with E-state index in [2.05, 4.69) is 26.3 Å². The van der Waals surface area contributed by atoms with E-state index >= 15 is 0 Å². The van der Waals surface area contributed by atoms with Crippen LogP contribution in [0.4, 0.5) is 0 Å². The molecule has 0 bridgehead atoms. The van der Waals surface area contributed by atoms with E-state index in [1.54, 1.807) is 12.5 Å². The summed E-state index contributed by atoms with van der Waals surface area (Å²) < 4.78 is 0. The number of benzene rings is 2. The maximum Gasteiger partial charge on any atom is 0.251 e. The van der Waals surface area contributed by atoms with Crippen LogP contribution in [0.2, 0.25) is 0 Å². The zero-order valence-corrected chi connectivity index (χ0v) is 16.3. The highest BCUT2D eigenvalue weighted by atomic mass is 16.3. The Balaban J connectivity index is 1.67. The fourth-order valence-corrected chi connectivity index (χ4v) is 3.16. The summed E-state index contributed by atoms with van der Waals surface area (Å²) in [4.78, 5) is 21.4. The van der Waals surface area contributed by atoms with Crippen molar-refractivity contribution in [1.29, 1.82) is 0 Å². The van der Waals surface area contributed by atoms with Crippen molar-refractivity contribution >= 4 is 5.91 Å². The number of aromatic amines is 1. The van der Waals surface area contributed by atoms with Crippen LogP contribution in [0.15, 0.2) is 55.0 Å². The minimum atomic E-state index is -0.102. The summed E-state index contributed by atoms with van der Waals surface area (Å²) in [7, 11) is 4.04. The van der Waals surface area contributed by atoms with Gasteiger partial charge >= 0.3 is 0 Å². The Bertz CT molecular complexity index is 903. The van der Waals surface area contributed by atoms with Gasteiger partial charge in [-0.2, -0.15) is 0 Å². The largest absolute Gasteiger partial charge is 0.392 e. The van der Waals surface area contributed by atoms with Crippen LogP contribution in [0.25, 0.3) is 11.1 Å². The minimum Gasteiger partial charge on any atom is -0.392 e. The van der Waals surface area contributed by atoms with Gasteiger partial charge in [0.05, 0.1) is 12.9 Å². The molecule has 146 valence electrons. The molecular weight excluding hydrogens is 352 g/mol. The zero-order chi connectivity index (χ0) is 19.9. The van der Waals surface area contributed by atoms with Gasteiger partial charge in [0.15, 0.2) is 0 Å². The molecule has 0 fully saturated rings. The number of amides is 1. The maximum atomic E-state index is 12.3. The van der Waals surface area contributed by atoms with Crippen LogP contribution < -0.4 is 5.32 Å². The molecule has 2 aromatic carbocycles. The standard InChI is InChI=1S/C22H26N4O2/c1-26(2)13-16-3-8-21(19(11-16)14-27)17-4-6-18(7-5-17)22(28)24-10-9-20-12-23-15-25-20/h3-8,11-12,15,27H,9-10,13-14H2,1-2H3,(H,23,25)(H,24,28). The predicted molar refractivity (Wildman–Crippen MR) is 110 cm³/mol. The summed E-state index contributed by atoms with van der Waals surface area (Å²) in [5, 5.41) is 12.7. The molecule has 3 rings (SSSR count). The Kier molecular flexibility index (Phi) is 6.57. The number of hydrogen-bond donors (Lipinski definition) is 3. The van der Waals surface area contributed by atoms with Crippen LogP contribution in [-0.4, -0.2) is 46.5 Å². The number of H-pyrrole nitrogens is 1. The van der Waals surface area contributed by atoms with Gasteiger partial charge in [-0.05, 0) is 48.5 Å². The van der Waals surface area contributed by atoms with Crippen LogP contribution >= 0.6 is 0 Å². The number of hydrogen-bond acceptors (Lipinski definition) is 4. The molecule has 6 nitrogen and oxygen atoms in total. The van der Waals surface area contributed by atoms with E-state index in [1.165, 1.54) is 0 Å². The molecule has 1 amide bonds. The molecule has 0 aliphatic rings. The Morgan fingerprint density at radius 3 is 2.61 bits per heavy atom. The quantitative estimate of drug-likeness (QED) is 0.563. The lowest BCUT2D eigenvalue weighted by Crippen LogP contribution is -2.25. The maximum absolute atomic E-state index is 12.3. The Morgan fingerprint density at radius 2 is 1.96 bits per heavy atom. The van der Waals surface area contributed by atoms with Crippen molar-refractivity contribution in [2.24, 2.45) is 0 Å². The molecule has 0 radical (unpaired) electrons. The number of carbonyl (C=O) groups is 1. The van der Waals surface area contributed by atoms with Gasteiger partial charge < -0.3 is 20.3 Å². The second-order valence-corrected chi connectivity index (χ2v) is 7.05. The summed E-state index contributed by atoms with van der Waals surface area (Å²) in [6, 6.07) is 13.6. The lowest BCUT2D eigenvalue weighted by Gasteiger charge is -2.14. The molecule has 1 heterocycles. The van der Waals surface area contributed by atoms with E-state index in [4.69, 9.17) is 0 Å². The Hall–Kier alpha value is -2.96. The number of aliphatic hydroxyl groups is 1. The van der Waals surface area contributed by atoms with Gasteiger partial charge in [0.1, 0.15) is 0 Å². The zero-order valence-electron chi connectivity index (χ0n) is 16.3. The summed E-state index contributed by atoms with van der Waals surface area (Å²) in [6.45, 7) is 1.35. The molecule has 0 aliphatic heterocycles. The van der Waals surface area contributed by atoms with Crippen LogP contribution in [-0.2, 0) is 19.6 Å². The van der Waals surface area contributed by atoms with E-state index in [0.29, 0.717) is 18.5 Å².